The molecule has 8 nitrogen and oxygen atoms in total. The van der Waals surface area contributed by atoms with Crippen LogP contribution in [0.15, 0.2) is 39.9 Å². The Kier molecular flexibility index (Phi) is 6.86. The van der Waals surface area contributed by atoms with Crippen molar-refractivity contribution in [3.8, 4) is 23.0 Å². The molecular formula is C25H30N2O6. The molecule has 176 valence electrons. The molecule has 0 radical (unpaired) electrons. The lowest BCUT2D eigenvalue weighted by Crippen LogP contribution is -2.32. The topological polar surface area (TPSA) is 103 Å². The largest absolute Gasteiger partial charge is 0.507 e. The highest BCUT2D eigenvalue weighted by Gasteiger charge is 2.33. The molecule has 0 amide bonds. The summed E-state index contributed by atoms with van der Waals surface area (Å²) in [5.74, 6) is -0.723. The SMILES string of the molecule is CCn1c(C)cc(O)c(C(c2ccc(OC)cc2OC)c2c(O)cc(C)n(CC)c2=O)c1=O. The van der Waals surface area contributed by atoms with Crippen LogP contribution in [-0.2, 0) is 13.1 Å². The van der Waals surface area contributed by atoms with E-state index >= 15 is 0 Å². The third kappa shape index (κ3) is 4.08. The molecule has 0 saturated heterocycles. The number of hydrogen-bond donors (Lipinski definition) is 2. The first-order valence-electron chi connectivity index (χ1n) is 10.8. The van der Waals surface area contributed by atoms with Gasteiger partial charge in [0.05, 0.1) is 31.3 Å². The van der Waals surface area contributed by atoms with Gasteiger partial charge < -0.3 is 28.8 Å². The van der Waals surface area contributed by atoms with Crippen molar-refractivity contribution in [2.75, 3.05) is 14.2 Å². The predicted molar refractivity (Wildman–Crippen MR) is 126 cm³/mol. The second-order valence-electron chi connectivity index (χ2n) is 7.81. The molecule has 0 aliphatic rings. The maximum atomic E-state index is 13.5. The summed E-state index contributed by atoms with van der Waals surface area (Å²) in [6.07, 6.45) is 0. The van der Waals surface area contributed by atoms with Gasteiger partial charge >= 0.3 is 0 Å². The molecule has 1 aromatic carbocycles. The highest BCUT2D eigenvalue weighted by Crippen LogP contribution is 2.42. The van der Waals surface area contributed by atoms with Gasteiger partial charge in [-0.25, -0.2) is 0 Å². The Bertz CT molecular complexity index is 1230. The lowest BCUT2D eigenvalue weighted by Gasteiger charge is -2.24. The number of aromatic nitrogens is 2. The van der Waals surface area contributed by atoms with E-state index < -0.39 is 17.0 Å². The second kappa shape index (κ2) is 9.44. The molecule has 0 aliphatic heterocycles. The number of methoxy groups -OCH3 is 2. The number of pyridine rings is 2. The monoisotopic (exact) mass is 454 g/mol. The van der Waals surface area contributed by atoms with Crippen molar-refractivity contribution >= 4 is 0 Å². The molecular weight excluding hydrogens is 424 g/mol. The van der Waals surface area contributed by atoms with E-state index in [9.17, 15) is 19.8 Å². The van der Waals surface area contributed by atoms with Crippen molar-refractivity contribution in [1.29, 1.82) is 0 Å². The summed E-state index contributed by atoms with van der Waals surface area (Å²) in [7, 11) is 2.98. The summed E-state index contributed by atoms with van der Waals surface area (Å²) in [6.45, 7) is 7.86. The minimum absolute atomic E-state index is 0.00942. The molecule has 0 unspecified atom stereocenters. The number of aromatic hydroxyl groups is 2. The van der Waals surface area contributed by atoms with E-state index in [1.54, 1.807) is 32.0 Å². The quantitative estimate of drug-likeness (QED) is 0.568. The number of benzene rings is 1. The summed E-state index contributed by atoms with van der Waals surface area (Å²) >= 11 is 0. The number of hydrogen-bond acceptors (Lipinski definition) is 6. The van der Waals surface area contributed by atoms with Crippen LogP contribution < -0.4 is 20.6 Å². The van der Waals surface area contributed by atoms with Gasteiger partial charge in [-0.3, -0.25) is 9.59 Å². The zero-order chi connectivity index (χ0) is 24.4. The summed E-state index contributed by atoms with van der Waals surface area (Å²) in [5, 5.41) is 21.9. The van der Waals surface area contributed by atoms with E-state index in [-0.39, 0.29) is 22.6 Å². The van der Waals surface area contributed by atoms with Gasteiger partial charge in [-0.15, -0.1) is 0 Å². The smallest absolute Gasteiger partial charge is 0.258 e. The van der Waals surface area contributed by atoms with Crippen LogP contribution in [0.25, 0.3) is 0 Å². The van der Waals surface area contributed by atoms with Crippen molar-refractivity contribution in [1.82, 2.24) is 9.13 Å². The van der Waals surface area contributed by atoms with E-state index in [0.29, 0.717) is 41.5 Å². The van der Waals surface area contributed by atoms with E-state index in [1.807, 2.05) is 13.8 Å². The first-order valence-corrected chi connectivity index (χ1v) is 10.8. The Morgan fingerprint density at radius 1 is 0.818 bits per heavy atom. The van der Waals surface area contributed by atoms with Crippen LogP contribution in [0.3, 0.4) is 0 Å². The molecule has 3 aromatic rings. The van der Waals surface area contributed by atoms with Crippen molar-refractivity contribution in [2.24, 2.45) is 0 Å². The molecule has 0 spiro atoms. The molecule has 0 fully saturated rings. The molecule has 0 saturated carbocycles. The Balaban J connectivity index is 2.52. The Hall–Kier alpha value is -3.68. The van der Waals surface area contributed by atoms with Crippen LogP contribution in [0.4, 0.5) is 0 Å². The fraction of sp³-hybridized carbons (Fsp3) is 0.360. The highest BCUT2D eigenvalue weighted by molar-refractivity contribution is 5.56. The minimum atomic E-state index is -1.08. The molecule has 0 atom stereocenters. The van der Waals surface area contributed by atoms with Gasteiger partial charge in [0.2, 0.25) is 0 Å². The normalized spacial score (nSPS) is 11.1. The van der Waals surface area contributed by atoms with Gasteiger partial charge in [-0.2, -0.15) is 0 Å². The highest BCUT2D eigenvalue weighted by atomic mass is 16.5. The third-order valence-electron chi connectivity index (χ3n) is 6.01. The third-order valence-corrected chi connectivity index (χ3v) is 6.01. The molecule has 2 heterocycles. The van der Waals surface area contributed by atoms with E-state index in [4.69, 9.17) is 9.47 Å². The number of rotatable bonds is 7. The van der Waals surface area contributed by atoms with Crippen molar-refractivity contribution in [3.63, 3.8) is 0 Å². The van der Waals surface area contributed by atoms with Crippen LogP contribution in [0.2, 0.25) is 0 Å². The zero-order valence-corrected chi connectivity index (χ0v) is 19.8. The number of aryl methyl sites for hydroxylation is 2. The van der Waals surface area contributed by atoms with Crippen molar-refractivity contribution in [2.45, 2.75) is 46.7 Å². The standard InChI is InChI=1S/C25H30N2O6/c1-7-26-14(3)11-18(28)22(24(26)30)21(17-10-9-16(32-5)13-20(17)33-6)23-19(29)12-15(4)27(8-2)25(23)31/h9-13,21,28-29H,7-8H2,1-6H3. The summed E-state index contributed by atoms with van der Waals surface area (Å²) in [4.78, 5) is 27.1. The molecule has 8 heteroatoms. The Labute approximate surface area is 192 Å². The average Bonchev–Trinajstić information content (AvgIpc) is 2.77. The van der Waals surface area contributed by atoms with Gasteiger partial charge in [-0.1, -0.05) is 6.07 Å². The molecule has 33 heavy (non-hydrogen) atoms. The fourth-order valence-corrected chi connectivity index (χ4v) is 4.38. The molecule has 0 bridgehead atoms. The van der Waals surface area contributed by atoms with E-state index in [1.165, 1.54) is 35.5 Å². The Morgan fingerprint density at radius 3 is 1.70 bits per heavy atom. The van der Waals surface area contributed by atoms with Crippen LogP contribution in [0.1, 0.15) is 47.8 Å². The zero-order valence-electron chi connectivity index (χ0n) is 19.8. The maximum absolute atomic E-state index is 13.5. The van der Waals surface area contributed by atoms with E-state index in [0.717, 1.165) is 0 Å². The first kappa shape index (κ1) is 24.0. The fourth-order valence-electron chi connectivity index (χ4n) is 4.38. The lowest BCUT2D eigenvalue weighted by atomic mass is 9.84. The van der Waals surface area contributed by atoms with Gasteiger partial charge in [0, 0.05) is 36.1 Å². The lowest BCUT2D eigenvalue weighted by molar-refractivity contribution is 0.389. The minimum Gasteiger partial charge on any atom is -0.507 e. The summed E-state index contributed by atoms with van der Waals surface area (Å²) < 4.78 is 13.9. The molecule has 0 aliphatic carbocycles. The van der Waals surface area contributed by atoms with Gasteiger partial charge in [-0.05, 0) is 45.9 Å². The number of ether oxygens (including phenoxy) is 2. The predicted octanol–water partition coefficient (Wildman–Crippen LogP) is 3.28. The van der Waals surface area contributed by atoms with Crippen molar-refractivity contribution in [3.05, 3.63) is 79.1 Å². The number of nitrogens with zero attached hydrogens (tertiary/aromatic N) is 2. The van der Waals surface area contributed by atoms with Crippen LogP contribution >= 0.6 is 0 Å². The molecule has 3 rings (SSSR count). The second-order valence-corrected chi connectivity index (χ2v) is 7.81. The van der Waals surface area contributed by atoms with Gasteiger partial charge in [0.1, 0.15) is 23.0 Å². The molecule has 2 N–H and O–H groups in total. The first-order chi connectivity index (χ1) is 15.7. The Morgan fingerprint density at radius 2 is 1.30 bits per heavy atom. The van der Waals surface area contributed by atoms with Gasteiger partial charge in [0.15, 0.2) is 0 Å². The van der Waals surface area contributed by atoms with Crippen LogP contribution in [-0.4, -0.2) is 33.6 Å². The van der Waals surface area contributed by atoms with Crippen LogP contribution in [0.5, 0.6) is 23.0 Å². The maximum Gasteiger partial charge on any atom is 0.258 e. The van der Waals surface area contributed by atoms with Crippen LogP contribution in [0, 0.1) is 13.8 Å². The van der Waals surface area contributed by atoms with Gasteiger partial charge in [0.25, 0.3) is 11.1 Å². The van der Waals surface area contributed by atoms with Crippen molar-refractivity contribution < 1.29 is 19.7 Å². The summed E-state index contributed by atoms with van der Waals surface area (Å²) in [6, 6.07) is 7.97. The van der Waals surface area contributed by atoms with E-state index in [2.05, 4.69) is 0 Å². The molecule has 2 aromatic heterocycles. The average molecular weight is 455 g/mol. The summed E-state index contributed by atoms with van der Waals surface area (Å²) in [5.41, 5.74) is 0.706.